The summed E-state index contributed by atoms with van der Waals surface area (Å²) >= 11 is 1.51. The van der Waals surface area contributed by atoms with Crippen molar-refractivity contribution in [3.05, 3.63) is 65.5 Å². The van der Waals surface area contributed by atoms with Gasteiger partial charge in [-0.25, -0.2) is 4.98 Å². The van der Waals surface area contributed by atoms with Crippen LogP contribution in [0.25, 0.3) is 21.8 Å². The van der Waals surface area contributed by atoms with Crippen LogP contribution in [-0.2, 0) is 0 Å². The molecule has 0 aliphatic carbocycles. The Labute approximate surface area is 170 Å². The molecular formula is C23H25N3OS. The van der Waals surface area contributed by atoms with Crippen LogP contribution in [-0.4, -0.2) is 42.5 Å². The summed E-state index contributed by atoms with van der Waals surface area (Å²) < 4.78 is 0. The topological polar surface area (TPSA) is 45.2 Å². The Bertz CT molecular complexity index is 916. The minimum absolute atomic E-state index is 0.112. The van der Waals surface area contributed by atoms with E-state index in [9.17, 15) is 4.79 Å². The van der Waals surface area contributed by atoms with Crippen LogP contribution >= 0.6 is 11.3 Å². The fraction of sp³-hybridized carbons (Fsp3) is 0.304. The molecule has 0 radical (unpaired) electrons. The van der Waals surface area contributed by atoms with Crippen molar-refractivity contribution in [2.24, 2.45) is 5.92 Å². The zero-order valence-electron chi connectivity index (χ0n) is 16.1. The molecule has 5 heteroatoms. The van der Waals surface area contributed by atoms with E-state index in [1.54, 1.807) is 0 Å². The quantitative estimate of drug-likeness (QED) is 0.694. The predicted octanol–water partition coefficient (Wildman–Crippen LogP) is 4.55. The SMILES string of the molecule is CNCC1CCN(C(=O)c2sc(-c3ccccc3)nc2-c2ccccc2)CC1. The molecule has 28 heavy (non-hydrogen) atoms. The van der Waals surface area contributed by atoms with Crippen LogP contribution in [0.1, 0.15) is 22.5 Å². The van der Waals surface area contributed by atoms with E-state index in [2.05, 4.69) is 5.32 Å². The maximum absolute atomic E-state index is 13.4. The normalized spacial score (nSPS) is 15.0. The molecule has 3 aromatic rings. The summed E-state index contributed by atoms with van der Waals surface area (Å²) in [5.41, 5.74) is 2.85. The van der Waals surface area contributed by atoms with Gasteiger partial charge in [0.05, 0.1) is 5.69 Å². The highest BCUT2D eigenvalue weighted by molar-refractivity contribution is 7.17. The van der Waals surface area contributed by atoms with Gasteiger partial charge in [-0.3, -0.25) is 4.79 Å². The average Bonchev–Trinajstić information content (AvgIpc) is 3.21. The molecule has 0 saturated carbocycles. The van der Waals surface area contributed by atoms with Crippen molar-refractivity contribution < 1.29 is 4.79 Å². The number of nitrogens with zero attached hydrogens (tertiary/aromatic N) is 2. The van der Waals surface area contributed by atoms with Gasteiger partial charge < -0.3 is 10.2 Å². The minimum Gasteiger partial charge on any atom is -0.338 e. The van der Waals surface area contributed by atoms with Crippen LogP contribution in [0.4, 0.5) is 0 Å². The van der Waals surface area contributed by atoms with E-state index in [0.29, 0.717) is 5.92 Å². The van der Waals surface area contributed by atoms with Crippen LogP contribution < -0.4 is 5.32 Å². The van der Waals surface area contributed by atoms with Crippen molar-refractivity contribution in [3.8, 4) is 21.8 Å². The third-order valence-corrected chi connectivity index (χ3v) is 6.38. The molecule has 0 bridgehead atoms. The van der Waals surface area contributed by atoms with Crippen molar-refractivity contribution in [2.45, 2.75) is 12.8 Å². The summed E-state index contributed by atoms with van der Waals surface area (Å²) in [6.45, 7) is 2.66. The third-order valence-electron chi connectivity index (χ3n) is 5.28. The second kappa shape index (κ2) is 8.67. The number of thiazole rings is 1. The molecule has 2 aromatic carbocycles. The number of piperidine rings is 1. The van der Waals surface area contributed by atoms with Gasteiger partial charge in [-0.15, -0.1) is 11.3 Å². The Kier molecular flexibility index (Phi) is 5.84. The molecule has 1 amide bonds. The summed E-state index contributed by atoms with van der Waals surface area (Å²) in [6, 6.07) is 20.1. The molecule has 4 nitrogen and oxygen atoms in total. The maximum atomic E-state index is 13.4. The van der Waals surface area contributed by atoms with Gasteiger partial charge in [-0.2, -0.15) is 0 Å². The molecule has 0 unspecified atom stereocenters. The van der Waals surface area contributed by atoms with Crippen molar-refractivity contribution in [1.29, 1.82) is 0 Å². The van der Waals surface area contributed by atoms with Gasteiger partial charge in [0.15, 0.2) is 0 Å². The van der Waals surface area contributed by atoms with E-state index >= 15 is 0 Å². The molecule has 1 saturated heterocycles. The third kappa shape index (κ3) is 4.01. The van der Waals surface area contributed by atoms with Gasteiger partial charge in [0, 0.05) is 24.2 Å². The summed E-state index contributed by atoms with van der Waals surface area (Å²) in [4.78, 5) is 21.0. The van der Waals surface area contributed by atoms with Gasteiger partial charge in [0.25, 0.3) is 5.91 Å². The van der Waals surface area contributed by atoms with Crippen LogP contribution in [0, 0.1) is 5.92 Å². The first kappa shape index (κ1) is 18.8. The van der Waals surface area contributed by atoms with E-state index in [-0.39, 0.29) is 5.91 Å². The molecule has 0 atom stereocenters. The lowest BCUT2D eigenvalue weighted by Crippen LogP contribution is -2.40. The molecule has 0 spiro atoms. The van der Waals surface area contributed by atoms with Gasteiger partial charge in [-0.1, -0.05) is 60.7 Å². The Hall–Kier alpha value is -2.50. The number of hydrogen-bond donors (Lipinski definition) is 1. The molecule has 1 aliphatic rings. The van der Waals surface area contributed by atoms with Crippen LogP contribution in [0.15, 0.2) is 60.7 Å². The number of carbonyl (C=O) groups excluding carboxylic acids is 1. The first-order chi connectivity index (χ1) is 13.8. The van der Waals surface area contributed by atoms with Gasteiger partial charge >= 0.3 is 0 Å². The smallest absolute Gasteiger partial charge is 0.266 e. The Morgan fingerprint density at radius 2 is 1.64 bits per heavy atom. The number of amides is 1. The van der Waals surface area contributed by atoms with Crippen LogP contribution in [0.5, 0.6) is 0 Å². The molecule has 1 aliphatic heterocycles. The summed E-state index contributed by atoms with van der Waals surface area (Å²) in [7, 11) is 1.99. The number of benzene rings is 2. The van der Waals surface area contributed by atoms with Crippen molar-refractivity contribution in [2.75, 3.05) is 26.7 Å². The molecule has 1 aromatic heterocycles. The average molecular weight is 392 g/mol. The summed E-state index contributed by atoms with van der Waals surface area (Å²) in [5, 5.41) is 4.15. The number of nitrogens with one attached hydrogen (secondary N) is 1. The zero-order valence-corrected chi connectivity index (χ0v) is 16.9. The monoisotopic (exact) mass is 391 g/mol. The fourth-order valence-electron chi connectivity index (χ4n) is 3.73. The predicted molar refractivity (Wildman–Crippen MR) is 116 cm³/mol. The van der Waals surface area contributed by atoms with Crippen molar-refractivity contribution in [1.82, 2.24) is 15.2 Å². The first-order valence-electron chi connectivity index (χ1n) is 9.82. The lowest BCUT2D eigenvalue weighted by atomic mass is 9.96. The van der Waals surface area contributed by atoms with Crippen LogP contribution in [0.3, 0.4) is 0 Å². The van der Waals surface area contributed by atoms with E-state index in [0.717, 1.165) is 59.2 Å². The molecule has 4 rings (SSSR count). The van der Waals surface area contributed by atoms with Gasteiger partial charge in [0.1, 0.15) is 9.88 Å². The standard InChI is InChI=1S/C23H25N3OS/c1-24-16-17-12-14-26(15-13-17)23(27)21-20(18-8-4-2-5-9-18)25-22(28-21)19-10-6-3-7-11-19/h2-11,17,24H,12-16H2,1H3. The van der Waals surface area contributed by atoms with Crippen molar-refractivity contribution in [3.63, 3.8) is 0 Å². The number of likely N-dealkylation sites (tertiary alicyclic amines) is 1. The van der Waals surface area contributed by atoms with Gasteiger partial charge in [-0.05, 0) is 32.4 Å². The van der Waals surface area contributed by atoms with Crippen molar-refractivity contribution >= 4 is 17.2 Å². The fourth-order valence-corrected chi connectivity index (χ4v) is 4.79. The largest absolute Gasteiger partial charge is 0.338 e. The number of hydrogen-bond acceptors (Lipinski definition) is 4. The van der Waals surface area contributed by atoms with E-state index in [1.165, 1.54) is 11.3 Å². The zero-order chi connectivity index (χ0) is 19.3. The summed E-state index contributed by atoms with van der Waals surface area (Å²) in [6.07, 6.45) is 2.11. The highest BCUT2D eigenvalue weighted by atomic mass is 32.1. The first-order valence-corrected chi connectivity index (χ1v) is 10.6. The minimum atomic E-state index is 0.112. The highest BCUT2D eigenvalue weighted by Gasteiger charge is 2.28. The van der Waals surface area contributed by atoms with Gasteiger partial charge in [0.2, 0.25) is 0 Å². The number of carbonyl (C=O) groups is 1. The number of aromatic nitrogens is 1. The second-order valence-corrected chi connectivity index (χ2v) is 8.22. The Morgan fingerprint density at radius 1 is 1.04 bits per heavy atom. The Morgan fingerprint density at radius 3 is 2.25 bits per heavy atom. The maximum Gasteiger partial charge on any atom is 0.266 e. The number of rotatable bonds is 5. The highest BCUT2D eigenvalue weighted by Crippen LogP contribution is 2.35. The molecule has 144 valence electrons. The molecular weight excluding hydrogens is 366 g/mol. The van der Waals surface area contributed by atoms with Crippen LogP contribution in [0.2, 0.25) is 0 Å². The lowest BCUT2D eigenvalue weighted by Gasteiger charge is -2.31. The molecule has 1 N–H and O–H groups in total. The summed E-state index contributed by atoms with van der Waals surface area (Å²) in [5.74, 6) is 0.769. The molecule has 1 fully saturated rings. The lowest BCUT2D eigenvalue weighted by molar-refractivity contribution is 0.0696. The van der Waals surface area contributed by atoms with E-state index < -0.39 is 0 Å². The van der Waals surface area contributed by atoms with E-state index in [4.69, 9.17) is 4.98 Å². The van der Waals surface area contributed by atoms with E-state index in [1.807, 2.05) is 72.6 Å². The Balaban J connectivity index is 1.65. The second-order valence-electron chi connectivity index (χ2n) is 7.22. The molecule has 2 heterocycles.